The lowest BCUT2D eigenvalue weighted by molar-refractivity contribution is 0.219. The molecular formula is C17H25N3. The highest BCUT2D eigenvalue weighted by atomic mass is 15.1. The van der Waals surface area contributed by atoms with Gasteiger partial charge in [-0.1, -0.05) is 26.2 Å². The first-order valence-electron chi connectivity index (χ1n) is 7.91. The Bertz CT molecular complexity index is 606. The van der Waals surface area contributed by atoms with E-state index in [-0.39, 0.29) is 5.54 Å². The fraction of sp³-hybridized carbons (Fsp3) is 0.588. The van der Waals surface area contributed by atoms with Gasteiger partial charge in [-0.3, -0.25) is 0 Å². The zero-order valence-corrected chi connectivity index (χ0v) is 12.7. The molecule has 2 aromatic rings. The van der Waals surface area contributed by atoms with Crippen molar-refractivity contribution in [1.29, 1.82) is 0 Å². The Labute approximate surface area is 121 Å². The van der Waals surface area contributed by atoms with E-state index in [0.717, 1.165) is 24.0 Å². The van der Waals surface area contributed by atoms with Gasteiger partial charge in [-0.15, -0.1) is 0 Å². The third-order valence-corrected chi connectivity index (χ3v) is 4.69. The molecule has 3 rings (SSSR count). The number of aryl methyl sites for hydroxylation is 1. The Morgan fingerprint density at radius 1 is 1.25 bits per heavy atom. The summed E-state index contributed by atoms with van der Waals surface area (Å²) in [5.74, 6) is 1.23. The quantitative estimate of drug-likeness (QED) is 0.848. The molecule has 0 radical (unpaired) electrons. The van der Waals surface area contributed by atoms with Crippen LogP contribution in [0.2, 0.25) is 0 Å². The number of fused-ring (bicyclic) bond motifs is 1. The van der Waals surface area contributed by atoms with Crippen molar-refractivity contribution in [1.82, 2.24) is 9.55 Å². The monoisotopic (exact) mass is 271 g/mol. The topological polar surface area (TPSA) is 43.8 Å². The molecular weight excluding hydrogens is 246 g/mol. The summed E-state index contributed by atoms with van der Waals surface area (Å²) < 4.78 is 2.52. The van der Waals surface area contributed by atoms with E-state index in [4.69, 9.17) is 10.7 Å². The van der Waals surface area contributed by atoms with Gasteiger partial charge >= 0.3 is 0 Å². The van der Waals surface area contributed by atoms with E-state index in [2.05, 4.69) is 24.5 Å². The summed E-state index contributed by atoms with van der Waals surface area (Å²) in [5.41, 5.74) is 9.27. The number of anilines is 1. The van der Waals surface area contributed by atoms with Gasteiger partial charge in [0.1, 0.15) is 5.82 Å². The molecule has 1 heterocycles. The lowest BCUT2D eigenvalue weighted by Gasteiger charge is -2.37. The van der Waals surface area contributed by atoms with Crippen LogP contribution in [0.4, 0.5) is 5.69 Å². The van der Waals surface area contributed by atoms with Gasteiger partial charge in [0.2, 0.25) is 0 Å². The van der Waals surface area contributed by atoms with E-state index in [0.29, 0.717) is 0 Å². The van der Waals surface area contributed by atoms with Crippen LogP contribution in [0, 0.1) is 0 Å². The molecule has 2 N–H and O–H groups in total. The first-order valence-corrected chi connectivity index (χ1v) is 7.91. The van der Waals surface area contributed by atoms with Crippen molar-refractivity contribution in [2.45, 2.75) is 64.3 Å². The minimum absolute atomic E-state index is 0.230. The van der Waals surface area contributed by atoms with Crippen molar-refractivity contribution < 1.29 is 0 Å². The molecule has 0 aliphatic heterocycles. The summed E-state index contributed by atoms with van der Waals surface area (Å²) in [4.78, 5) is 4.87. The lowest BCUT2D eigenvalue weighted by atomic mass is 9.82. The fourth-order valence-corrected chi connectivity index (χ4v) is 3.68. The molecule has 1 aromatic carbocycles. The number of nitrogens with two attached hydrogens (primary N) is 1. The van der Waals surface area contributed by atoms with Gasteiger partial charge < -0.3 is 10.3 Å². The predicted octanol–water partition coefficient (Wildman–Crippen LogP) is 4.25. The Morgan fingerprint density at radius 2 is 2.00 bits per heavy atom. The Kier molecular flexibility index (Phi) is 3.45. The van der Waals surface area contributed by atoms with Gasteiger partial charge in [-0.25, -0.2) is 4.98 Å². The summed E-state index contributed by atoms with van der Waals surface area (Å²) >= 11 is 0. The SMILES string of the molecule is CCCc1nc2cc(N)ccc2n1C1(C)CCCCC1. The van der Waals surface area contributed by atoms with Crippen molar-refractivity contribution >= 4 is 16.7 Å². The third-order valence-electron chi connectivity index (χ3n) is 4.69. The van der Waals surface area contributed by atoms with Crippen LogP contribution < -0.4 is 5.73 Å². The van der Waals surface area contributed by atoms with E-state index < -0.39 is 0 Å². The molecule has 0 bridgehead atoms. The molecule has 1 saturated carbocycles. The number of imidazole rings is 1. The summed E-state index contributed by atoms with van der Waals surface area (Å²) in [5, 5.41) is 0. The number of rotatable bonds is 3. The zero-order chi connectivity index (χ0) is 14.2. The Balaban J connectivity index is 2.17. The largest absolute Gasteiger partial charge is 0.399 e. The van der Waals surface area contributed by atoms with Crippen molar-refractivity contribution in [3.63, 3.8) is 0 Å². The van der Waals surface area contributed by atoms with Crippen LogP contribution in [0.3, 0.4) is 0 Å². The minimum atomic E-state index is 0.230. The number of aromatic nitrogens is 2. The first-order chi connectivity index (χ1) is 9.64. The van der Waals surface area contributed by atoms with Gasteiger partial charge in [0.05, 0.1) is 11.0 Å². The number of benzene rings is 1. The maximum absolute atomic E-state index is 5.92. The standard InChI is InChI=1S/C17H25N3/c1-3-7-16-19-14-12-13(18)8-9-15(14)20(16)17(2)10-5-4-6-11-17/h8-9,12H,3-7,10-11,18H2,1-2H3. The highest BCUT2D eigenvalue weighted by Gasteiger charge is 2.32. The lowest BCUT2D eigenvalue weighted by Crippen LogP contribution is -2.33. The summed E-state index contributed by atoms with van der Waals surface area (Å²) in [6.07, 6.45) is 8.74. The summed E-state index contributed by atoms with van der Waals surface area (Å²) in [7, 11) is 0. The van der Waals surface area contributed by atoms with E-state index in [1.54, 1.807) is 0 Å². The van der Waals surface area contributed by atoms with Crippen LogP contribution in [0.25, 0.3) is 11.0 Å². The maximum Gasteiger partial charge on any atom is 0.110 e. The number of hydrogen-bond acceptors (Lipinski definition) is 2. The second kappa shape index (κ2) is 5.12. The third kappa shape index (κ3) is 2.19. The van der Waals surface area contributed by atoms with Crippen molar-refractivity contribution in [3.8, 4) is 0 Å². The van der Waals surface area contributed by atoms with Gasteiger partial charge in [-0.05, 0) is 44.4 Å². The molecule has 1 aromatic heterocycles. The molecule has 0 saturated heterocycles. The molecule has 3 nitrogen and oxygen atoms in total. The average molecular weight is 271 g/mol. The van der Waals surface area contributed by atoms with Gasteiger partial charge in [0, 0.05) is 17.6 Å². The van der Waals surface area contributed by atoms with E-state index in [1.807, 2.05) is 12.1 Å². The number of hydrogen-bond donors (Lipinski definition) is 1. The molecule has 0 spiro atoms. The second-order valence-corrected chi connectivity index (χ2v) is 6.42. The summed E-state index contributed by atoms with van der Waals surface area (Å²) in [6, 6.07) is 6.16. The molecule has 1 aliphatic rings. The van der Waals surface area contributed by atoms with Crippen molar-refractivity contribution in [2.75, 3.05) is 5.73 Å². The number of nitrogen functional groups attached to an aromatic ring is 1. The van der Waals surface area contributed by atoms with Crippen LogP contribution in [-0.2, 0) is 12.0 Å². The van der Waals surface area contributed by atoms with Crippen LogP contribution in [-0.4, -0.2) is 9.55 Å². The normalized spacial score (nSPS) is 18.5. The zero-order valence-electron chi connectivity index (χ0n) is 12.7. The van der Waals surface area contributed by atoms with Crippen LogP contribution in [0.15, 0.2) is 18.2 Å². The molecule has 108 valence electrons. The minimum Gasteiger partial charge on any atom is -0.399 e. The van der Waals surface area contributed by atoms with Crippen LogP contribution in [0.1, 0.15) is 58.2 Å². The van der Waals surface area contributed by atoms with E-state index >= 15 is 0 Å². The fourth-order valence-electron chi connectivity index (χ4n) is 3.68. The van der Waals surface area contributed by atoms with Gasteiger partial charge in [0.25, 0.3) is 0 Å². The Morgan fingerprint density at radius 3 is 2.70 bits per heavy atom. The van der Waals surface area contributed by atoms with E-state index in [1.165, 1.54) is 43.4 Å². The molecule has 0 unspecified atom stereocenters. The van der Waals surface area contributed by atoms with Crippen molar-refractivity contribution in [3.05, 3.63) is 24.0 Å². The van der Waals surface area contributed by atoms with Crippen LogP contribution >= 0.6 is 0 Å². The predicted molar refractivity (Wildman–Crippen MR) is 84.9 cm³/mol. The molecule has 0 amide bonds. The van der Waals surface area contributed by atoms with E-state index in [9.17, 15) is 0 Å². The van der Waals surface area contributed by atoms with Gasteiger partial charge in [0.15, 0.2) is 0 Å². The molecule has 20 heavy (non-hydrogen) atoms. The summed E-state index contributed by atoms with van der Waals surface area (Å²) in [6.45, 7) is 4.63. The van der Waals surface area contributed by atoms with Crippen LogP contribution in [0.5, 0.6) is 0 Å². The first kappa shape index (κ1) is 13.5. The Hall–Kier alpha value is -1.51. The second-order valence-electron chi connectivity index (χ2n) is 6.42. The average Bonchev–Trinajstić information content (AvgIpc) is 2.77. The van der Waals surface area contributed by atoms with Crippen molar-refractivity contribution in [2.24, 2.45) is 0 Å². The smallest absolute Gasteiger partial charge is 0.110 e. The molecule has 0 atom stereocenters. The van der Waals surface area contributed by atoms with Gasteiger partial charge in [-0.2, -0.15) is 0 Å². The molecule has 1 aliphatic carbocycles. The highest BCUT2D eigenvalue weighted by molar-refractivity contribution is 5.80. The maximum atomic E-state index is 5.92. The molecule has 1 fully saturated rings. The molecule has 3 heteroatoms. The number of nitrogens with zero attached hydrogens (tertiary/aromatic N) is 2. The highest BCUT2D eigenvalue weighted by Crippen LogP contribution is 2.38.